The number of hydrogen-bond acceptors (Lipinski definition) is 3. The second-order valence-corrected chi connectivity index (χ2v) is 6.08. The molecule has 0 bridgehead atoms. The molecule has 4 nitrogen and oxygen atoms in total. The van der Waals surface area contributed by atoms with Gasteiger partial charge in [0.1, 0.15) is 0 Å². The summed E-state index contributed by atoms with van der Waals surface area (Å²) in [5.74, 6) is 0.867. The maximum atomic E-state index is 11.9. The molecular weight excluding hydrogens is 240 g/mol. The zero-order valence-electron chi connectivity index (χ0n) is 13.0. The Morgan fingerprint density at radius 1 is 1.32 bits per heavy atom. The van der Waals surface area contributed by atoms with Crippen molar-refractivity contribution in [3.05, 3.63) is 0 Å². The van der Waals surface area contributed by atoms with Crippen molar-refractivity contribution in [3.63, 3.8) is 0 Å². The molecule has 0 fully saturated rings. The largest absolute Gasteiger partial charge is 0.396 e. The molecule has 0 saturated carbocycles. The Bertz CT molecular complexity index is 242. The lowest BCUT2D eigenvalue weighted by Gasteiger charge is -2.29. The summed E-state index contributed by atoms with van der Waals surface area (Å²) in [4.78, 5) is 11.9. The third-order valence-electron chi connectivity index (χ3n) is 4.11. The zero-order valence-corrected chi connectivity index (χ0v) is 13.0. The molecule has 0 radical (unpaired) electrons. The number of aliphatic hydroxyl groups is 1. The lowest BCUT2D eigenvalue weighted by atomic mass is 9.83. The minimum Gasteiger partial charge on any atom is -0.396 e. The third kappa shape index (κ3) is 6.92. The fraction of sp³-hybridized carbons (Fsp3) is 0.933. The summed E-state index contributed by atoms with van der Waals surface area (Å²) in [6, 6.07) is 0. The van der Waals surface area contributed by atoms with Crippen LogP contribution in [0.3, 0.4) is 0 Å². The van der Waals surface area contributed by atoms with Gasteiger partial charge in [0.05, 0.1) is 6.61 Å². The van der Waals surface area contributed by atoms with E-state index in [-0.39, 0.29) is 23.8 Å². The standard InChI is InChI=1S/C15H32N2O2/c1-5-15(6-2,11-18)10-17-14(19)8-13(9-16)7-12(3)4/h12-13,18H,5-11,16H2,1-4H3,(H,17,19)/t13-/m0/s1. The fourth-order valence-corrected chi connectivity index (χ4v) is 2.33. The van der Waals surface area contributed by atoms with Gasteiger partial charge in [-0.15, -0.1) is 0 Å². The summed E-state index contributed by atoms with van der Waals surface area (Å²) >= 11 is 0. The molecule has 0 aromatic rings. The maximum absolute atomic E-state index is 11.9. The van der Waals surface area contributed by atoms with Gasteiger partial charge in [0.15, 0.2) is 0 Å². The monoisotopic (exact) mass is 272 g/mol. The molecule has 114 valence electrons. The lowest BCUT2D eigenvalue weighted by molar-refractivity contribution is -0.122. The molecule has 0 heterocycles. The summed E-state index contributed by atoms with van der Waals surface area (Å²) in [6.07, 6.45) is 3.21. The van der Waals surface area contributed by atoms with Crippen molar-refractivity contribution >= 4 is 5.91 Å². The first-order valence-corrected chi connectivity index (χ1v) is 7.50. The first-order chi connectivity index (χ1) is 8.92. The Kier molecular flexibility index (Phi) is 9.02. The molecular formula is C15H32N2O2. The predicted octanol–water partition coefficient (Wildman–Crippen LogP) is 1.91. The van der Waals surface area contributed by atoms with E-state index in [4.69, 9.17) is 5.73 Å². The number of nitrogens with one attached hydrogen (secondary N) is 1. The van der Waals surface area contributed by atoms with Crippen molar-refractivity contribution in [2.24, 2.45) is 23.0 Å². The molecule has 0 aromatic heterocycles. The molecule has 0 rings (SSSR count). The topological polar surface area (TPSA) is 75.3 Å². The number of carbonyl (C=O) groups is 1. The number of carbonyl (C=O) groups excluding carboxylic acids is 1. The Morgan fingerprint density at radius 3 is 2.26 bits per heavy atom. The highest BCUT2D eigenvalue weighted by molar-refractivity contribution is 5.76. The first kappa shape index (κ1) is 18.4. The molecule has 0 aliphatic heterocycles. The average Bonchev–Trinajstić information content (AvgIpc) is 2.39. The average molecular weight is 272 g/mol. The van der Waals surface area contributed by atoms with E-state index in [0.717, 1.165) is 19.3 Å². The molecule has 0 aromatic carbocycles. The van der Waals surface area contributed by atoms with Gasteiger partial charge in [-0.25, -0.2) is 0 Å². The summed E-state index contributed by atoms with van der Waals surface area (Å²) in [6.45, 7) is 9.61. The molecule has 0 aliphatic carbocycles. The van der Waals surface area contributed by atoms with Crippen LogP contribution < -0.4 is 11.1 Å². The van der Waals surface area contributed by atoms with Crippen molar-refractivity contribution in [3.8, 4) is 0 Å². The van der Waals surface area contributed by atoms with Gasteiger partial charge in [-0.3, -0.25) is 4.79 Å². The predicted molar refractivity (Wildman–Crippen MR) is 79.7 cm³/mol. The van der Waals surface area contributed by atoms with Crippen LogP contribution >= 0.6 is 0 Å². The quantitative estimate of drug-likeness (QED) is 0.568. The van der Waals surface area contributed by atoms with Crippen molar-refractivity contribution in [2.75, 3.05) is 19.7 Å². The number of amides is 1. The van der Waals surface area contributed by atoms with Crippen LogP contribution in [-0.2, 0) is 4.79 Å². The van der Waals surface area contributed by atoms with Crippen LogP contribution in [0.2, 0.25) is 0 Å². The van der Waals surface area contributed by atoms with Crippen molar-refractivity contribution in [2.45, 2.75) is 53.4 Å². The van der Waals surface area contributed by atoms with Crippen LogP contribution in [-0.4, -0.2) is 30.7 Å². The molecule has 19 heavy (non-hydrogen) atoms. The van der Waals surface area contributed by atoms with Crippen LogP contribution in [0.4, 0.5) is 0 Å². The molecule has 0 unspecified atom stereocenters. The molecule has 1 atom stereocenters. The van der Waals surface area contributed by atoms with Crippen LogP contribution in [0.1, 0.15) is 53.4 Å². The van der Waals surface area contributed by atoms with E-state index in [0.29, 0.717) is 25.4 Å². The van der Waals surface area contributed by atoms with Crippen molar-refractivity contribution in [1.82, 2.24) is 5.32 Å². The Labute approximate surface area is 118 Å². The molecule has 1 amide bonds. The SMILES string of the molecule is CCC(CC)(CO)CNC(=O)C[C@@H](CN)CC(C)C. The third-order valence-corrected chi connectivity index (χ3v) is 4.11. The zero-order chi connectivity index (χ0) is 14.9. The molecule has 0 saturated heterocycles. The first-order valence-electron chi connectivity index (χ1n) is 7.50. The highest BCUT2D eigenvalue weighted by atomic mass is 16.3. The van der Waals surface area contributed by atoms with E-state index in [1.807, 2.05) is 13.8 Å². The van der Waals surface area contributed by atoms with Gasteiger partial charge < -0.3 is 16.2 Å². The van der Waals surface area contributed by atoms with E-state index in [9.17, 15) is 9.90 Å². The highest BCUT2D eigenvalue weighted by Gasteiger charge is 2.26. The van der Waals surface area contributed by atoms with E-state index in [1.54, 1.807) is 0 Å². The van der Waals surface area contributed by atoms with E-state index >= 15 is 0 Å². The van der Waals surface area contributed by atoms with E-state index in [1.165, 1.54) is 0 Å². The van der Waals surface area contributed by atoms with Crippen molar-refractivity contribution < 1.29 is 9.90 Å². The normalized spacial score (nSPS) is 13.6. The van der Waals surface area contributed by atoms with Crippen LogP contribution in [0.25, 0.3) is 0 Å². The van der Waals surface area contributed by atoms with Gasteiger partial charge >= 0.3 is 0 Å². The van der Waals surface area contributed by atoms with E-state index in [2.05, 4.69) is 19.2 Å². The Morgan fingerprint density at radius 2 is 1.89 bits per heavy atom. The number of rotatable bonds is 10. The van der Waals surface area contributed by atoms with Gasteiger partial charge in [-0.2, -0.15) is 0 Å². The molecule has 0 aliphatic rings. The number of hydrogen-bond donors (Lipinski definition) is 3. The minimum atomic E-state index is -0.175. The Hall–Kier alpha value is -0.610. The van der Waals surface area contributed by atoms with Crippen LogP contribution in [0.15, 0.2) is 0 Å². The van der Waals surface area contributed by atoms with Gasteiger partial charge in [0, 0.05) is 18.4 Å². The fourth-order valence-electron chi connectivity index (χ4n) is 2.33. The molecule has 4 N–H and O–H groups in total. The second kappa shape index (κ2) is 9.32. The van der Waals surface area contributed by atoms with Gasteiger partial charge in [0.2, 0.25) is 5.91 Å². The highest BCUT2D eigenvalue weighted by Crippen LogP contribution is 2.24. The van der Waals surface area contributed by atoms with Crippen molar-refractivity contribution in [1.29, 1.82) is 0 Å². The molecule has 4 heteroatoms. The van der Waals surface area contributed by atoms with Crippen LogP contribution in [0.5, 0.6) is 0 Å². The number of aliphatic hydroxyl groups excluding tert-OH is 1. The summed E-state index contributed by atoms with van der Waals surface area (Å²) in [5.41, 5.74) is 5.54. The summed E-state index contributed by atoms with van der Waals surface area (Å²) < 4.78 is 0. The van der Waals surface area contributed by atoms with Gasteiger partial charge in [-0.1, -0.05) is 27.7 Å². The number of nitrogens with two attached hydrogens (primary N) is 1. The Balaban J connectivity index is 4.23. The lowest BCUT2D eigenvalue weighted by Crippen LogP contribution is -2.40. The molecule has 0 spiro atoms. The van der Waals surface area contributed by atoms with Crippen LogP contribution in [0, 0.1) is 17.3 Å². The van der Waals surface area contributed by atoms with Gasteiger partial charge in [-0.05, 0) is 37.6 Å². The second-order valence-electron chi connectivity index (χ2n) is 6.08. The smallest absolute Gasteiger partial charge is 0.220 e. The maximum Gasteiger partial charge on any atom is 0.220 e. The summed E-state index contributed by atoms with van der Waals surface area (Å²) in [7, 11) is 0. The minimum absolute atomic E-state index is 0.0517. The summed E-state index contributed by atoms with van der Waals surface area (Å²) in [5, 5.41) is 12.4. The van der Waals surface area contributed by atoms with E-state index < -0.39 is 0 Å². The van der Waals surface area contributed by atoms with Gasteiger partial charge in [0.25, 0.3) is 0 Å².